The van der Waals surface area contributed by atoms with Crippen LogP contribution in [0.15, 0.2) is 24.3 Å². The molecule has 3 N–H and O–H groups in total. The van der Waals surface area contributed by atoms with Crippen LogP contribution in [-0.4, -0.2) is 35.8 Å². The molecule has 9 heteroatoms. The van der Waals surface area contributed by atoms with Crippen LogP contribution >= 0.6 is 12.4 Å². The SMILES string of the molecule is Cl.N[C@@H]1CCC[C@H]1CC(=O)NC(CN1CCCC1=O)c1cccc(C(F)(F)F)c1. The van der Waals surface area contributed by atoms with Crippen LogP contribution in [0.2, 0.25) is 0 Å². The Morgan fingerprint density at radius 3 is 2.62 bits per heavy atom. The number of hydrogen-bond donors (Lipinski definition) is 2. The molecule has 2 aliphatic rings. The topological polar surface area (TPSA) is 75.4 Å². The first-order valence-electron chi connectivity index (χ1n) is 9.74. The Hall–Kier alpha value is -1.80. The van der Waals surface area contributed by atoms with Gasteiger partial charge in [0, 0.05) is 32.0 Å². The highest BCUT2D eigenvalue weighted by molar-refractivity contribution is 5.85. The molecule has 1 aliphatic heterocycles. The number of hydrogen-bond acceptors (Lipinski definition) is 3. The van der Waals surface area contributed by atoms with E-state index >= 15 is 0 Å². The third-order valence-corrected chi connectivity index (χ3v) is 5.69. The van der Waals surface area contributed by atoms with Crippen molar-refractivity contribution in [2.75, 3.05) is 13.1 Å². The first-order valence-corrected chi connectivity index (χ1v) is 9.74. The van der Waals surface area contributed by atoms with Gasteiger partial charge in [-0.3, -0.25) is 9.59 Å². The maximum atomic E-state index is 13.1. The summed E-state index contributed by atoms with van der Waals surface area (Å²) in [6, 6.07) is 4.23. The first kappa shape index (κ1) is 23.5. The smallest absolute Gasteiger partial charge is 0.347 e. The van der Waals surface area contributed by atoms with Crippen molar-refractivity contribution >= 4 is 24.2 Å². The van der Waals surface area contributed by atoms with E-state index in [9.17, 15) is 22.8 Å². The Morgan fingerprint density at radius 1 is 1.28 bits per heavy atom. The second kappa shape index (κ2) is 9.80. The van der Waals surface area contributed by atoms with Gasteiger partial charge in [0.15, 0.2) is 0 Å². The molecular weight excluding hydrogens is 407 g/mol. The highest BCUT2D eigenvalue weighted by Gasteiger charge is 2.33. The molecule has 0 bridgehead atoms. The van der Waals surface area contributed by atoms with Gasteiger partial charge in [0.25, 0.3) is 0 Å². The number of likely N-dealkylation sites (tertiary alicyclic amines) is 1. The van der Waals surface area contributed by atoms with Crippen molar-refractivity contribution in [3.63, 3.8) is 0 Å². The van der Waals surface area contributed by atoms with Gasteiger partial charge in [0.1, 0.15) is 0 Å². The zero-order valence-corrected chi connectivity index (χ0v) is 16.9. The van der Waals surface area contributed by atoms with E-state index in [4.69, 9.17) is 5.73 Å². The number of carbonyl (C=O) groups excluding carboxylic acids is 2. The summed E-state index contributed by atoms with van der Waals surface area (Å²) < 4.78 is 39.3. The second-order valence-electron chi connectivity index (χ2n) is 7.75. The molecule has 5 nitrogen and oxygen atoms in total. The summed E-state index contributed by atoms with van der Waals surface area (Å²) in [5.41, 5.74) is 5.61. The number of nitrogens with two attached hydrogens (primary N) is 1. The third-order valence-electron chi connectivity index (χ3n) is 5.69. The summed E-state index contributed by atoms with van der Waals surface area (Å²) in [5, 5.41) is 2.85. The van der Waals surface area contributed by atoms with Crippen LogP contribution in [0.4, 0.5) is 13.2 Å². The largest absolute Gasteiger partial charge is 0.416 e. The average Bonchev–Trinajstić information content (AvgIpc) is 3.22. The highest BCUT2D eigenvalue weighted by Crippen LogP contribution is 2.32. The Bertz CT molecular complexity index is 729. The summed E-state index contributed by atoms with van der Waals surface area (Å²) in [6.45, 7) is 0.722. The molecule has 1 aromatic carbocycles. The van der Waals surface area contributed by atoms with E-state index in [1.807, 2.05) is 0 Å². The minimum Gasteiger partial charge on any atom is -0.347 e. The van der Waals surface area contributed by atoms with Crippen LogP contribution in [0.1, 0.15) is 55.7 Å². The lowest BCUT2D eigenvalue weighted by atomic mass is 9.98. The van der Waals surface area contributed by atoms with Gasteiger partial charge >= 0.3 is 6.18 Å². The van der Waals surface area contributed by atoms with E-state index in [1.54, 1.807) is 11.0 Å². The van der Waals surface area contributed by atoms with Crippen molar-refractivity contribution in [2.45, 2.75) is 56.8 Å². The van der Waals surface area contributed by atoms with Crippen LogP contribution < -0.4 is 11.1 Å². The molecule has 0 aromatic heterocycles. The molecule has 1 unspecified atom stereocenters. The third kappa shape index (κ3) is 6.09. The predicted molar refractivity (Wildman–Crippen MR) is 105 cm³/mol. The van der Waals surface area contributed by atoms with Gasteiger partial charge in [0.05, 0.1) is 11.6 Å². The molecule has 0 spiro atoms. The van der Waals surface area contributed by atoms with Crippen LogP contribution in [-0.2, 0) is 15.8 Å². The normalized spacial score (nSPS) is 23.0. The van der Waals surface area contributed by atoms with E-state index in [0.29, 0.717) is 18.5 Å². The lowest BCUT2D eigenvalue weighted by Gasteiger charge is -2.26. The molecule has 2 amide bonds. The molecule has 1 aromatic rings. The summed E-state index contributed by atoms with van der Waals surface area (Å²) >= 11 is 0. The Balaban J connectivity index is 0.00000300. The zero-order chi connectivity index (χ0) is 20.3. The van der Waals surface area contributed by atoms with Crippen molar-refractivity contribution in [3.8, 4) is 0 Å². The van der Waals surface area contributed by atoms with Gasteiger partial charge < -0.3 is 16.0 Å². The number of carbonyl (C=O) groups is 2. The minimum atomic E-state index is -4.47. The average molecular weight is 434 g/mol. The van der Waals surface area contributed by atoms with Gasteiger partial charge in [-0.25, -0.2) is 0 Å². The molecule has 1 heterocycles. The number of nitrogens with one attached hydrogen (secondary N) is 1. The van der Waals surface area contributed by atoms with Crippen LogP contribution in [0.25, 0.3) is 0 Å². The van der Waals surface area contributed by atoms with Gasteiger partial charge in [0.2, 0.25) is 11.8 Å². The fourth-order valence-electron chi connectivity index (χ4n) is 4.09. The fourth-order valence-corrected chi connectivity index (χ4v) is 4.09. The van der Waals surface area contributed by atoms with E-state index in [-0.39, 0.29) is 49.1 Å². The molecule has 3 atom stereocenters. The van der Waals surface area contributed by atoms with Crippen molar-refractivity contribution in [2.24, 2.45) is 11.7 Å². The van der Waals surface area contributed by atoms with E-state index in [1.165, 1.54) is 6.07 Å². The quantitative estimate of drug-likeness (QED) is 0.721. The summed E-state index contributed by atoms with van der Waals surface area (Å²) in [6.07, 6.45) is -0.308. The molecule has 3 rings (SSSR count). The van der Waals surface area contributed by atoms with Gasteiger partial charge in [-0.15, -0.1) is 12.4 Å². The van der Waals surface area contributed by atoms with Crippen molar-refractivity contribution in [3.05, 3.63) is 35.4 Å². The number of halogens is 4. The predicted octanol–water partition coefficient (Wildman–Crippen LogP) is 3.42. The fraction of sp³-hybridized carbons (Fsp3) is 0.600. The Labute approximate surface area is 174 Å². The van der Waals surface area contributed by atoms with Crippen LogP contribution in [0.5, 0.6) is 0 Å². The number of alkyl halides is 3. The summed E-state index contributed by atoms with van der Waals surface area (Å²) in [5.74, 6) is -0.184. The molecule has 0 radical (unpaired) electrons. The van der Waals surface area contributed by atoms with Gasteiger partial charge in [-0.05, 0) is 42.9 Å². The first-order chi connectivity index (χ1) is 13.2. The maximum absolute atomic E-state index is 13.1. The zero-order valence-electron chi connectivity index (χ0n) is 16.1. The molecule has 1 aliphatic carbocycles. The van der Waals surface area contributed by atoms with Crippen LogP contribution in [0.3, 0.4) is 0 Å². The summed E-state index contributed by atoms with van der Waals surface area (Å²) in [7, 11) is 0. The number of rotatable bonds is 6. The summed E-state index contributed by atoms with van der Waals surface area (Å²) in [4.78, 5) is 26.2. The van der Waals surface area contributed by atoms with Gasteiger partial charge in [-0.2, -0.15) is 13.2 Å². The monoisotopic (exact) mass is 433 g/mol. The van der Waals surface area contributed by atoms with Gasteiger partial charge in [-0.1, -0.05) is 18.6 Å². The number of nitrogens with zero attached hydrogens (tertiary/aromatic N) is 1. The lowest BCUT2D eigenvalue weighted by Crippen LogP contribution is -2.40. The second-order valence-corrected chi connectivity index (χ2v) is 7.75. The standard InChI is InChI=1S/C20H26F3N3O2.ClH/c21-20(22,23)15-6-1-5-14(10-15)17(12-26-9-3-8-19(26)28)25-18(27)11-13-4-2-7-16(13)24;/h1,5-6,10,13,16-17H,2-4,7-9,11-12,24H2,(H,25,27);1H/t13-,16+,17?;/m0./s1. The molecule has 1 saturated heterocycles. The maximum Gasteiger partial charge on any atom is 0.416 e. The molecule has 1 saturated carbocycles. The Morgan fingerprint density at radius 2 is 2.03 bits per heavy atom. The minimum absolute atomic E-state index is 0. The van der Waals surface area contributed by atoms with Crippen LogP contribution in [0, 0.1) is 5.92 Å². The van der Waals surface area contributed by atoms with E-state index in [2.05, 4.69) is 5.32 Å². The lowest BCUT2D eigenvalue weighted by molar-refractivity contribution is -0.137. The van der Waals surface area contributed by atoms with Crippen molar-refractivity contribution in [1.29, 1.82) is 0 Å². The molecular formula is C20H27ClF3N3O2. The van der Waals surface area contributed by atoms with E-state index in [0.717, 1.165) is 37.8 Å². The Kier molecular flexibility index (Phi) is 7.94. The van der Waals surface area contributed by atoms with Crippen molar-refractivity contribution < 1.29 is 22.8 Å². The number of benzene rings is 1. The highest BCUT2D eigenvalue weighted by atomic mass is 35.5. The van der Waals surface area contributed by atoms with Crippen molar-refractivity contribution in [1.82, 2.24) is 10.2 Å². The van der Waals surface area contributed by atoms with E-state index < -0.39 is 17.8 Å². The molecule has 162 valence electrons. The molecule has 29 heavy (non-hydrogen) atoms. The molecule has 2 fully saturated rings. The number of amides is 2.